The van der Waals surface area contributed by atoms with Crippen molar-refractivity contribution in [2.45, 2.75) is 38.6 Å². The summed E-state index contributed by atoms with van der Waals surface area (Å²) in [5.41, 5.74) is 0.881. The molecule has 0 amide bonds. The average Bonchev–Trinajstić information content (AvgIpc) is 2.75. The van der Waals surface area contributed by atoms with Crippen LogP contribution in [0, 0.1) is 0 Å². The second-order valence-electron chi connectivity index (χ2n) is 5.61. The van der Waals surface area contributed by atoms with E-state index in [9.17, 15) is 4.79 Å². The van der Waals surface area contributed by atoms with E-state index in [1.54, 1.807) is 12.1 Å². The number of aromatic carboxylic acids is 1. The van der Waals surface area contributed by atoms with Crippen LogP contribution in [0.5, 0.6) is 0 Å². The molecule has 0 radical (unpaired) electrons. The van der Waals surface area contributed by atoms with Crippen LogP contribution in [0.25, 0.3) is 0 Å². The Kier molecular flexibility index (Phi) is 3.75. The Morgan fingerprint density at radius 1 is 1.53 bits per heavy atom. The molecule has 1 aromatic heterocycles. The normalized spacial score (nSPS) is 22.7. The Bertz CT molecular complexity index is 480. The summed E-state index contributed by atoms with van der Waals surface area (Å²) in [5, 5.41) is 12.5. The molecule has 0 bridgehead atoms. The summed E-state index contributed by atoms with van der Waals surface area (Å²) in [6.45, 7) is 7.39. The molecule has 2 heterocycles. The lowest BCUT2D eigenvalue weighted by Gasteiger charge is -2.25. The van der Waals surface area contributed by atoms with Gasteiger partial charge in [0.2, 0.25) is 0 Å². The molecular formula is C14H20N2O3. The van der Waals surface area contributed by atoms with E-state index in [0.29, 0.717) is 12.4 Å². The average molecular weight is 264 g/mol. The predicted octanol–water partition coefficient (Wildman–Crippen LogP) is 2.49. The summed E-state index contributed by atoms with van der Waals surface area (Å²) in [4.78, 5) is 15.7. The van der Waals surface area contributed by atoms with E-state index < -0.39 is 5.97 Å². The van der Waals surface area contributed by atoms with E-state index in [2.05, 4.69) is 17.2 Å². The lowest BCUT2D eigenvalue weighted by Crippen LogP contribution is -2.35. The van der Waals surface area contributed by atoms with Crippen molar-refractivity contribution in [2.24, 2.45) is 0 Å². The number of rotatable bonds is 4. The minimum atomic E-state index is -0.930. The highest BCUT2D eigenvalue weighted by Crippen LogP contribution is 2.25. The standard InChI is InChI=1S/C14H20N2O3/c1-9(2)11-6-10(13(17)18)7-12(15-11)16-14(3)4-5-19-8-14/h6-7,9H,4-5,8H2,1-3H3,(H,15,16)(H,17,18). The lowest BCUT2D eigenvalue weighted by molar-refractivity contribution is 0.0696. The van der Waals surface area contributed by atoms with Gasteiger partial charge in [-0.2, -0.15) is 0 Å². The Morgan fingerprint density at radius 3 is 2.79 bits per heavy atom. The van der Waals surface area contributed by atoms with Gasteiger partial charge in [-0.3, -0.25) is 0 Å². The number of anilines is 1. The second kappa shape index (κ2) is 5.17. The van der Waals surface area contributed by atoms with Crippen LogP contribution in [0.4, 0.5) is 5.82 Å². The van der Waals surface area contributed by atoms with Gasteiger partial charge in [0.25, 0.3) is 0 Å². The maximum absolute atomic E-state index is 11.2. The van der Waals surface area contributed by atoms with Crippen molar-refractivity contribution in [2.75, 3.05) is 18.5 Å². The summed E-state index contributed by atoms with van der Waals surface area (Å²) in [5.74, 6) is -0.135. The van der Waals surface area contributed by atoms with Crippen molar-refractivity contribution in [1.29, 1.82) is 0 Å². The highest BCUT2D eigenvalue weighted by atomic mass is 16.5. The molecular weight excluding hydrogens is 244 g/mol. The van der Waals surface area contributed by atoms with Crippen molar-refractivity contribution >= 4 is 11.8 Å². The number of hydrogen-bond acceptors (Lipinski definition) is 4. The number of carbonyl (C=O) groups is 1. The molecule has 1 fully saturated rings. The number of carboxylic acid groups (broad SMARTS) is 1. The zero-order valence-corrected chi connectivity index (χ0v) is 11.6. The molecule has 0 spiro atoms. The molecule has 2 N–H and O–H groups in total. The molecule has 5 heteroatoms. The summed E-state index contributed by atoms with van der Waals surface area (Å²) in [7, 11) is 0. The monoisotopic (exact) mass is 264 g/mol. The molecule has 0 saturated carbocycles. The first-order valence-corrected chi connectivity index (χ1v) is 6.51. The van der Waals surface area contributed by atoms with Crippen LogP contribution in [-0.2, 0) is 4.74 Å². The molecule has 1 aromatic rings. The van der Waals surface area contributed by atoms with Crippen LogP contribution in [-0.4, -0.2) is 34.8 Å². The number of nitrogens with one attached hydrogen (secondary N) is 1. The maximum atomic E-state index is 11.2. The third-order valence-electron chi connectivity index (χ3n) is 3.33. The Morgan fingerprint density at radius 2 is 2.26 bits per heavy atom. The molecule has 1 aliphatic heterocycles. The largest absolute Gasteiger partial charge is 0.478 e. The third kappa shape index (κ3) is 3.23. The van der Waals surface area contributed by atoms with Gasteiger partial charge in [-0.1, -0.05) is 13.8 Å². The van der Waals surface area contributed by atoms with E-state index in [-0.39, 0.29) is 17.0 Å². The zero-order valence-electron chi connectivity index (χ0n) is 11.6. The maximum Gasteiger partial charge on any atom is 0.335 e. The van der Waals surface area contributed by atoms with Crippen LogP contribution >= 0.6 is 0 Å². The molecule has 0 aromatic carbocycles. The third-order valence-corrected chi connectivity index (χ3v) is 3.33. The van der Waals surface area contributed by atoms with E-state index in [0.717, 1.165) is 18.7 Å². The summed E-state index contributed by atoms with van der Waals surface area (Å²) in [6, 6.07) is 3.21. The van der Waals surface area contributed by atoms with Crippen molar-refractivity contribution < 1.29 is 14.6 Å². The van der Waals surface area contributed by atoms with Crippen molar-refractivity contribution in [3.63, 3.8) is 0 Å². The van der Waals surface area contributed by atoms with Crippen molar-refractivity contribution in [1.82, 2.24) is 4.98 Å². The molecule has 2 rings (SSSR count). The minimum Gasteiger partial charge on any atom is -0.478 e. The fourth-order valence-electron chi connectivity index (χ4n) is 2.11. The van der Waals surface area contributed by atoms with Gasteiger partial charge in [-0.05, 0) is 31.4 Å². The molecule has 19 heavy (non-hydrogen) atoms. The Balaban J connectivity index is 2.31. The van der Waals surface area contributed by atoms with Gasteiger partial charge in [0.15, 0.2) is 0 Å². The van der Waals surface area contributed by atoms with Gasteiger partial charge in [-0.15, -0.1) is 0 Å². The second-order valence-corrected chi connectivity index (χ2v) is 5.61. The van der Waals surface area contributed by atoms with Gasteiger partial charge in [0.1, 0.15) is 5.82 Å². The van der Waals surface area contributed by atoms with Crippen LogP contribution in [0.1, 0.15) is 49.2 Å². The summed E-state index contributed by atoms with van der Waals surface area (Å²) < 4.78 is 5.38. The van der Waals surface area contributed by atoms with Crippen LogP contribution in [0.2, 0.25) is 0 Å². The Labute approximate surface area is 113 Å². The van der Waals surface area contributed by atoms with Gasteiger partial charge in [0, 0.05) is 12.3 Å². The number of nitrogens with zero attached hydrogens (tertiary/aromatic N) is 1. The molecule has 104 valence electrons. The molecule has 5 nitrogen and oxygen atoms in total. The number of ether oxygens (including phenoxy) is 1. The SMILES string of the molecule is CC(C)c1cc(C(=O)O)cc(NC2(C)CCOC2)n1. The topological polar surface area (TPSA) is 71.5 Å². The first-order chi connectivity index (χ1) is 8.89. The molecule has 0 aliphatic carbocycles. The highest BCUT2D eigenvalue weighted by Gasteiger charge is 2.30. The number of carboxylic acids is 1. The minimum absolute atomic E-state index is 0.168. The van der Waals surface area contributed by atoms with Crippen molar-refractivity contribution in [3.05, 3.63) is 23.4 Å². The zero-order chi connectivity index (χ0) is 14.0. The lowest BCUT2D eigenvalue weighted by atomic mass is 10.0. The van der Waals surface area contributed by atoms with E-state index in [1.165, 1.54) is 0 Å². The van der Waals surface area contributed by atoms with E-state index >= 15 is 0 Å². The number of aromatic nitrogens is 1. The van der Waals surface area contributed by atoms with Crippen LogP contribution in [0.3, 0.4) is 0 Å². The van der Waals surface area contributed by atoms with Gasteiger partial charge in [-0.25, -0.2) is 9.78 Å². The fourth-order valence-corrected chi connectivity index (χ4v) is 2.11. The Hall–Kier alpha value is -1.62. The van der Waals surface area contributed by atoms with Gasteiger partial charge < -0.3 is 15.2 Å². The molecule has 1 aliphatic rings. The quantitative estimate of drug-likeness (QED) is 0.874. The number of pyridine rings is 1. The highest BCUT2D eigenvalue weighted by molar-refractivity contribution is 5.88. The van der Waals surface area contributed by atoms with E-state index in [1.807, 2.05) is 13.8 Å². The predicted molar refractivity (Wildman–Crippen MR) is 72.7 cm³/mol. The first-order valence-electron chi connectivity index (χ1n) is 6.51. The van der Waals surface area contributed by atoms with Crippen molar-refractivity contribution in [3.8, 4) is 0 Å². The van der Waals surface area contributed by atoms with Crippen LogP contribution < -0.4 is 5.32 Å². The van der Waals surface area contributed by atoms with E-state index in [4.69, 9.17) is 9.84 Å². The molecule has 1 unspecified atom stereocenters. The molecule has 1 atom stereocenters. The summed E-state index contributed by atoms with van der Waals surface area (Å²) >= 11 is 0. The van der Waals surface area contributed by atoms with Gasteiger partial charge in [0.05, 0.1) is 17.7 Å². The number of hydrogen-bond donors (Lipinski definition) is 2. The van der Waals surface area contributed by atoms with Gasteiger partial charge >= 0.3 is 5.97 Å². The summed E-state index contributed by atoms with van der Waals surface area (Å²) in [6.07, 6.45) is 0.892. The first kappa shape index (κ1) is 13.8. The molecule has 1 saturated heterocycles. The fraction of sp³-hybridized carbons (Fsp3) is 0.571. The smallest absolute Gasteiger partial charge is 0.335 e. The van der Waals surface area contributed by atoms with Crippen LogP contribution in [0.15, 0.2) is 12.1 Å².